The molecule has 3 rings (SSSR count). The number of hydrogen-bond acceptors (Lipinski definition) is 6. The van der Waals surface area contributed by atoms with E-state index in [9.17, 15) is 18.0 Å². The van der Waals surface area contributed by atoms with E-state index in [0.29, 0.717) is 51.6 Å². The molecule has 2 heterocycles. The quantitative estimate of drug-likeness (QED) is 0.653. The van der Waals surface area contributed by atoms with E-state index in [-0.39, 0.29) is 23.5 Å². The molecule has 0 unspecified atom stereocenters. The molecule has 2 saturated heterocycles. The Morgan fingerprint density at radius 2 is 1.45 bits per heavy atom. The molecule has 0 N–H and O–H groups in total. The van der Waals surface area contributed by atoms with Crippen LogP contribution in [0.15, 0.2) is 29.2 Å². The van der Waals surface area contributed by atoms with E-state index in [1.54, 1.807) is 33.2 Å². The lowest BCUT2D eigenvalue weighted by atomic mass is 10.2. The molecule has 0 aromatic heterocycles. The van der Waals surface area contributed by atoms with Crippen molar-refractivity contribution < 1.29 is 27.5 Å². The van der Waals surface area contributed by atoms with Crippen LogP contribution in [0.1, 0.15) is 32.6 Å². The molecule has 9 nitrogen and oxygen atoms in total. The number of sulfonamides is 1. The summed E-state index contributed by atoms with van der Waals surface area (Å²) in [6, 6.07) is 6.21. The van der Waals surface area contributed by atoms with Crippen LogP contribution >= 0.6 is 0 Å². The van der Waals surface area contributed by atoms with Crippen molar-refractivity contribution in [3.05, 3.63) is 24.3 Å². The number of hydrogen-bond donors (Lipinski definition) is 0. The van der Waals surface area contributed by atoms with Crippen molar-refractivity contribution in [2.24, 2.45) is 0 Å². The molecule has 10 heteroatoms. The summed E-state index contributed by atoms with van der Waals surface area (Å²) < 4.78 is 37.7. The van der Waals surface area contributed by atoms with Gasteiger partial charge in [0, 0.05) is 39.3 Å². The third-order valence-electron chi connectivity index (χ3n) is 5.55. The van der Waals surface area contributed by atoms with Crippen molar-refractivity contribution in [3.63, 3.8) is 0 Å². The first-order valence-corrected chi connectivity index (χ1v) is 12.3. The lowest BCUT2D eigenvalue weighted by Gasteiger charge is -2.33. The van der Waals surface area contributed by atoms with Gasteiger partial charge in [0.1, 0.15) is 5.75 Å². The fourth-order valence-electron chi connectivity index (χ4n) is 3.73. The van der Waals surface area contributed by atoms with Gasteiger partial charge in [-0.1, -0.05) is 12.8 Å². The van der Waals surface area contributed by atoms with E-state index >= 15 is 0 Å². The van der Waals surface area contributed by atoms with Crippen LogP contribution in [-0.4, -0.2) is 87.0 Å². The number of carbonyl (C=O) groups excluding carboxylic acids is 2. The summed E-state index contributed by atoms with van der Waals surface area (Å²) >= 11 is 0. The fourth-order valence-corrected chi connectivity index (χ4v) is 5.25. The average Bonchev–Trinajstić information content (AvgIpc) is 3.08. The number of benzene rings is 1. The second kappa shape index (κ2) is 10.8. The fraction of sp³-hybridized carbons (Fsp3) is 0.619. The summed E-state index contributed by atoms with van der Waals surface area (Å²) in [7, 11) is -3.51. The first kappa shape index (κ1) is 23.3. The average molecular weight is 454 g/mol. The van der Waals surface area contributed by atoms with Gasteiger partial charge in [-0.15, -0.1) is 0 Å². The topological polar surface area (TPSA) is 96.5 Å². The van der Waals surface area contributed by atoms with Crippen LogP contribution in [-0.2, 0) is 19.6 Å². The number of piperazine rings is 1. The van der Waals surface area contributed by atoms with Gasteiger partial charge in [-0.25, -0.2) is 13.2 Å². The van der Waals surface area contributed by atoms with Gasteiger partial charge in [0.05, 0.1) is 11.5 Å². The van der Waals surface area contributed by atoms with Gasteiger partial charge in [0.2, 0.25) is 10.0 Å². The van der Waals surface area contributed by atoms with Crippen molar-refractivity contribution in [1.29, 1.82) is 0 Å². The summed E-state index contributed by atoms with van der Waals surface area (Å²) in [5.74, 6) is 0.262. The van der Waals surface area contributed by atoms with Crippen LogP contribution in [0.4, 0.5) is 4.79 Å². The molecule has 1 aromatic carbocycles. The van der Waals surface area contributed by atoms with E-state index in [1.165, 1.54) is 12.1 Å². The summed E-state index contributed by atoms with van der Waals surface area (Å²) in [4.78, 5) is 27.6. The Morgan fingerprint density at radius 1 is 0.871 bits per heavy atom. The van der Waals surface area contributed by atoms with Crippen LogP contribution in [0.2, 0.25) is 0 Å². The highest BCUT2D eigenvalue weighted by Crippen LogP contribution is 2.22. The van der Waals surface area contributed by atoms with Gasteiger partial charge in [0.15, 0.2) is 6.61 Å². The van der Waals surface area contributed by atoms with E-state index in [2.05, 4.69) is 0 Å². The minimum atomic E-state index is -3.51. The van der Waals surface area contributed by atoms with Gasteiger partial charge in [-0.2, -0.15) is 4.31 Å². The molecule has 0 bridgehead atoms. The maximum absolute atomic E-state index is 12.8. The summed E-state index contributed by atoms with van der Waals surface area (Å²) in [6.45, 7) is 4.74. The molecule has 0 aliphatic carbocycles. The van der Waals surface area contributed by atoms with E-state index in [0.717, 1.165) is 25.7 Å². The Hall–Kier alpha value is -2.33. The van der Waals surface area contributed by atoms with Gasteiger partial charge in [-0.05, 0) is 44.0 Å². The first-order chi connectivity index (χ1) is 14.9. The molecule has 0 spiro atoms. The number of nitrogens with zero attached hydrogens (tertiary/aromatic N) is 3. The van der Waals surface area contributed by atoms with E-state index in [4.69, 9.17) is 9.47 Å². The van der Waals surface area contributed by atoms with Gasteiger partial charge >= 0.3 is 6.09 Å². The lowest BCUT2D eigenvalue weighted by Crippen LogP contribution is -2.51. The van der Waals surface area contributed by atoms with Crippen molar-refractivity contribution in [2.45, 2.75) is 37.5 Å². The molecular weight excluding hydrogens is 422 g/mol. The van der Waals surface area contributed by atoms with Crippen LogP contribution in [0.25, 0.3) is 0 Å². The maximum Gasteiger partial charge on any atom is 0.409 e. The Morgan fingerprint density at radius 3 is 2.03 bits per heavy atom. The zero-order chi connectivity index (χ0) is 22.3. The lowest BCUT2D eigenvalue weighted by molar-refractivity contribution is -0.134. The Labute approximate surface area is 183 Å². The van der Waals surface area contributed by atoms with Crippen LogP contribution in [0.3, 0.4) is 0 Å². The molecule has 2 aliphatic rings. The van der Waals surface area contributed by atoms with Crippen LogP contribution in [0, 0.1) is 0 Å². The second-order valence-corrected chi connectivity index (χ2v) is 9.58. The van der Waals surface area contributed by atoms with Crippen LogP contribution in [0.5, 0.6) is 5.75 Å². The predicted molar refractivity (Wildman–Crippen MR) is 114 cm³/mol. The summed E-state index contributed by atoms with van der Waals surface area (Å²) in [5, 5.41) is 0. The molecule has 2 amide bonds. The molecule has 0 saturated carbocycles. The number of carbonyl (C=O) groups is 2. The highest BCUT2D eigenvalue weighted by molar-refractivity contribution is 7.89. The zero-order valence-electron chi connectivity index (χ0n) is 18.0. The molecule has 2 fully saturated rings. The molecule has 172 valence electrons. The van der Waals surface area contributed by atoms with E-state index < -0.39 is 10.0 Å². The maximum atomic E-state index is 12.8. The summed E-state index contributed by atoms with van der Waals surface area (Å²) in [5.41, 5.74) is 0. The molecule has 1 aromatic rings. The minimum absolute atomic E-state index is 0.141. The molecule has 2 aliphatic heterocycles. The number of amides is 2. The zero-order valence-corrected chi connectivity index (χ0v) is 18.8. The van der Waals surface area contributed by atoms with Gasteiger partial charge in [0.25, 0.3) is 5.91 Å². The van der Waals surface area contributed by atoms with E-state index in [1.807, 2.05) is 0 Å². The first-order valence-electron chi connectivity index (χ1n) is 10.8. The molecule has 0 atom stereocenters. The van der Waals surface area contributed by atoms with Crippen LogP contribution < -0.4 is 4.74 Å². The second-order valence-electron chi connectivity index (χ2n) is 7.65. The highest BCUT2D eigenvalue weighted by atomic mass is 32.2. The van der Waals surface area contributed by atoms with Crippen molar-refractivity contribution in [2.75, 3.05) is 52.5 Å². The number of ether oxygens (including phenoxy) is 2. The van der Waals surface area contributed by atoms with Crippen molar-refractivity contribution >= 4 is 22.0 Å². The third kappa shape index (κ3) is 6.10. The number of rotatable bonds is 6. The largest absolute Gasteiger partial charge is 0.484 e. The molecule has 31 heavy (non-hydrogen) atoms. The Balaban J connectivity index is 1.49. The molecule has 0 radical (unpaired) electrons. The van der Waals surface area contributed by atoms with Crippen molar-refractivity contribution in [1.82, 2.24) is 14.1 Å². The third-order valence-corrected chi connectivity index (χ3v) is 7.46. The SMILES string of the molecule is CCOC(=O)N1CCN(C(=O)COc2ccc(S(=O)(=O)N3CCCCCC3)cc2)CC1. The Kier molecular flexibility index (Phi) is 8.14. The van der Waals surface area contributed by atoms with Gasteiger partial charge < -0.3 is 19.3 Å². The predicted octanol–water partition coefficient (Wildman–Crippen LogP) is 1.93. The Bertz CT molecular complexity index is 842. The standard InChI is InChI=1S/C21H31N3O6S/c1-2-29-21(26)23-15-13-22(14-16-23)20(25)17-30-18-7-9-19(10-8-18)31(27,28)24-11-5-3-4-6-12-24/h7-10H,2-6,11-17H2,1H3. The van der Waals surface area contributed by atoms with Crippen molar-refractivity contribution in [3.8, 4) is 5.75 Å². The monoisotopic (exact) mass is 453 g/mol. The minimum Gasteiger partial charge on any atom is -0.484 e. The highest BCUT2D eigenvalue weighted by Gasteiger charge is 2.26. The molecular formula is C21H31N3O6S. The van der Waals surface area contributed by atoms with Gasteiger partial charge in [-0.3, -0.25) is 4.79 Å². The normalized spacial score (nSPS) is 18.4. The summed E-state index contributed by atoms with van der Waals surface area (Å²) in [6.07, 6.45) is 3.53. The smallest absolute Gasteiger partial charge is 0.409 e.